The lowest BCUT2D eigenvalue weighted by Gasteiger charge is -2.30. The molecule has 10 heteroatoms. The molecule has 158 valence electrons. The molecule has 0 radical (unpaired) electrons. The average molecular weight is 415 g/mol. The fraction of sp³-hybridized carbons (Fsp3) is 0.667. The molecule has 0 aliphatic carbocycles. The number of nitrogens with zero attached hydrogens (tertiary/aromatic N) is 4. The Hall–Kier alpha value is -1.75. The van der Waals surface area contributed by atoms with E-state index >= 15 is 0 Å². The van der Waals surface area contributed by atoms with Crippen molar-refractivity contribution >= 4 is 15.7 Å². The summed E-state index contributed by atoms with van der Waals surface area (Å²) >= 11 is 0. The number of likely N-dealkylation sites (N-methyl/N-ethyl adjacent to an activating group) is 2. The van der Waals surface area contributed by atoms with Gasteiger partial charge in [-0.15, -0.1) is 0 Å². The molecule has 1 aromatic carbocycles. The predicted octanol–water partition coefficient (Wildman–Crippen LogP) is 1.64. The monoisotopic (exact) mass is 414 g/mol. The number of rotatable bonds is 10. The third kappa shape index (κ3) is 5.19. The minimum atomic E-state index is -4.03. The van der Waals surface area contributed by atoms with Gasteiger partial charge in [-0.2, -0.15) is 4.31 Å². The van der Waals surface area contributed by atoms with E-state index in [2.05, 4.69) is 11.8 Å². The van der Waals surface area contributed by atoms with Gasteiger partial charge in [-0.25, -0.2) is 8.42 Å². The molecule has 0 N–H and O–H groups in total. The van der Waals surface area contributed by atoms with Crippen molar-refractivity contribution < 1.29 is 18.1 Å². The molecule has 0 spiro atoms. The zero-order valence-electron chi connectivity index (χ0n) is 17.0. The van der Waals surface area contributed by atoms with Crippen molar-refractivity contribution in [2.75, 3.05) is 53.9 Å². The second-order valence-electron chi connectivity index (χ2n) is 7.18. The molecule has 1 heterocycles. The highest BCUT2D eigenvalue weighted by Crippen LogP contribution is 2.31. The van der Waals surface area contributed by atoms with E-state index in [9.17, 15) is 18.5 Å². The van der Waals surface area contributed by atoms with Crippen molar-refractivity contribution in [3.8, 4) is 5.75 Å². The van der Waals surface area contributed by atoms with E-state index in [0.717, 1.165) is 32.0 Å². The largest absolute Gasteiger partial charge is 0.497 e. The van der Waals surface area contributed by atoms with Gasteiger partial charge in [0.1, 0.15) is 5.75 Å². The predicted molar refractivity (Wildman–Crippen MR) is 107 cm³/mol. The van der Waals surface area contributed by atoms with E-state index < -0.39 is 20.6 Å². The normalized spacial score (nSPS) is 18.1. The molecular weight excluding hydrogens is 384 g/mol. The number of nitro groups is 1. The van der Waals surface area contributed by atoms with E-state index in [1.807, 2.05) is 19.0 Å². The maximum atomic E-state index is 13.4. The van der Waals surface area contributed by atoms with Crippen LogP contribution < -0.4 is 4.74 Å². The smallest absolute Gasteiger partial charge is 0.293 e. The summed E-state index contributed by atoms with van der Waals surface area (Å²) in [7, 11) is 1.09. The maximum absolute atomic E-state index is 13.4. The third-order valence-corrected chi connectivity index (χ3v) is 7.01. The van der Waals surface area contributed by atoms with Crippen LogP contribution in [-0.2, 0) is 10.0 Å². The first kappa shape index (κ1) is 22.5. The van der Waals surface area contributed by atoms with Crippen LogP contribution in [0.25, 0.3) is 0 Å². The van der Waals surface area contributed by atoms with Crippen molar-refractivity contribution in [1.29, 1.82) is 0 Å². The van der Waals surface area contributed by atoms with E-state index in [-0.39, 0.29) is 23.2 Å². The Morgan fingerprint density at radius 3 is 2.61 bits per heavy atom. The first-order chi connectivity index (χ1) is 13.2. The van der Waals surface area contributed by atoms with E-state index in [0.29, 0.717) is 13.1 Å². The molecule has 2 rings (SSSR count). The summed E-state index contributed by atoms with van der Waals surface area (Å²) < 4.78 is 33.2. The third-order valence-electron chi connectivity index (χ3n) is 5.10. The van der Waals surface area contributed by atoms with Gasteiger partial charge in [0.25, 0.3) is 5.69 Å². The number of sulfonamides is 1. The minimum Gasteiger partial charge on any atom is -0.497 e. The van der Waals surface area contributed by atoms with Gasteiger partial charge in [0.05, 0.1) is 18.1 Å². The zero-order chi connectivity index (χ0) is 20.9. The van der Waals surface area contributed by atoms with Gasteiger partial charge in [0.2, 0.25) is 10.0 Å². The van der Waals surface area contributed by atoms with Crippen LogP contribution in [0.5, 0.6) is 5.75 Å². The average Bonchev–Trinajstić information content (AvgIpc) is 3.11. The van der Waals surface area contributed by atoms with Crippen molar-refractivity contribution in [3.05, 3.63) is 28.3 Å². The van der Waals surface area contributed by atoms with Crippen LogP contribution in [-0.4, -0.2) is 87.4 Å². The maximum Gasteiger partial charge on any atom is 0.293 e. The summed E-state index contributed by atoms with van der Waals surface area (Å²) in [6, 6.07) is 3.99. The molecule has 0 amide bonds. The summed E-state index contributed by atoms with van der Waals surface area (Å²) in [4.78, 5) is 14.7. The number of nitro benzene ring substituents is 1. The molecule has 1 aliphatic heterocycles. The summed E-state index contributed by atoms with van der Waals surface area (Å²) in [5.41, 5.74) is -0.465. The van der Waals surface area contributed by atoms with Gasteiger partial charge in [0, 0.05) is 25.7 Å². The Bertz CT molecular complexity index is 784. The van der Waals surface area contributed by atoms with Crippen LogP contribution in [0, 0.1) is 10.1 Å². The van der Waals surface area contributed by atoms with Gasteiger partial charge in [-0.1, -0.05) is 6.92 Å². The van der Waals surface area contributed by atoms with Crippen LogP contribution in [0.2, 0.25) is 0 Å². The zero-order valence-corrected chi connectivity index (χ0v) is 17.8. The molecule has 1 unspecified atom stereocenters. The van der Waals surface area contributed by atoms with Crippen molar-refractivity contribution in [2.45, 2.75) is 30.7 Å². The highest BCUT2D eigenvalue weighted by atomic mass is 32.2. The molecule has 0 saturated carbocycles. The molecule has 9 nitrogen and oxygen atoms in total. The molecule has 1 fully saturated rings. The van der Waals surface area contributed by atoms with E-state index in [1.54, 1.807) is 0 Å². The van der Waals surface area contributed by atoms with E-state index in [1.165, 1.54) is 23.5 Å². The second kappa shape index (κ2) is 9.64. The first-order valence-corrected chi connectivity index (χ1v) is 10.9. The van der Waals surface area contributed by atoms with Crippen molar-refractivity contribution in [3.63, 3.8) is 0 Å². The lowest BCUT2D eigenvalue weighted by atomic mass is 10.2. The summed E-state index contributed by atoms with van der Waals surface area (Å²) in [6.45, 7) is 4.99. The Labute approximate surface area is 167 Å². The highest BCUT2D eigenvalue weighted by Gasteiger charge is 2.35. The van der Waals surface area contributed by atoms with Crippen molar-refractivity contribution in [2.24, 2.45) is 0 Å². The van der Waals surface area contributed by atoms with Crippen LogP contribution in [0.4, 0.5) is 5.69 Å². The number of hydrogen-bond donors (Lipinski definition) is 0. The molecule has 0 bridgehead atoms. The Morgan fingerprint density at radius 1 is 1.32 bits per heavy atom. The number of benzene rings is 1. The number of methoxy groups -OCH3 is 1. The second-order valence-corrected chi connectivity index (χ2v) is 9.09. The fourth-order valence-corrected chi connectivity index (χ4v) is 5.10. The number of hydrogen-bond acceptors (Lipinski definition) is 7. The Morgan fingerprint density at radius 2 is 2.04 bits per heavy atom. The first-order valence-electron chi connectivity index (χ1n) is 9.42. The van der Waals surface area contributed by atoms with Crippen LogP contribution >= 0.6 is 0 Å². The van der Waals surface area contributed by atoms with Crippen LogP contribution in [0.1, 0.15) is 19.8 Å². The van der Waals surface area contributed by atoms with Gasteiger partial charge >= 0.3 is 0 Å². The quantitative estimate of drug-likeness (QED) is 0.424. The standard InChI is InChI=1S/C18H30N4O5S/c1-5-20-10-6-7-15(20)14-21(12-11-19(2)3)28(25,26)18-9-8-16(27-4)13-17(18)22(23)24/h8-9,13,15H,5-7,10-12,14H2,1-4H3. The lowest BCUT2D eigenvalue weighted by Crippen LogP contribution is -2.45. The summed E-state index contributed by atoms with van der Waals surface area (Å²) in [6.07, 6.45) is 1.95. The Balaban J connectivity index is 2.41. The van der Waals surface area contributed by atoms with Gasteiger partial charge in [0.15, 0.2) is 4.90 Å². The SMILES string of the molecule is CCN1CCCC1CN(CCN(C)C)S(=O)(=O)c1ccc(OC)cc1[N+](=O)[O-]. The molecule has 1 atom stereocenters. The molecule has 0 aromatic heterocycles. The molecule has 1 saturated heterocycles. The van der Waals surface area contributed by atoms with Crippen LogP contribution in [0.3, 0.4) is 0 Å². The van der Waals surface area contributed by atoms with E-state index in [4.69, 9.17) is 4.74 Å². The topological polar surface area (TPSA) is 96.2 Å². The number of likely N-dealkylation sites (tertiary alicyclic amines) is 1. The lowest BCUT2D eigenvalue weighted by molar-refractivity contribution is -0.387. The molecule has 1 aromatic rings. The summed E-state index contributed by atoms with van der Waals surface area (Å²) in [5.74, 6) is 0.249. The summed E-state index contributed by atoms with van der Waals surface area (Å²) in [5, 5.41) is 11.5. The van der Waals surface area contributed by atoms with Gasteiger partial charge in [-0.05, 0) is 52.2 Å². The van der Waals surface area contributed by atoms with Crippen molar-refractivity contribution in [1.82, 2.24) is 14.1 Å². The Kier molecular flexibility index (Phi) is 7.76. The highest BCUT2D eigenvalue weighted by molar-refractivity contribution is 7.89. The fourth-order valence-electron chi connectivity index (χ4n) is 3.50. The minimum absolute atomic E-state index is 0.124. The molecular formula is C18H30N4O5S. The van der Waals surface area contributed by atoms with Crippen LogP contribution in [0.15, 0.2) is 23.1 Å². The van der Waals surface area contributed by atoms with Gasteiger partial charge < -0.3 is 9.64 Å². The number of ether oxygens (including phenoxy) is 1. The molecule has 28 heavy (non-hydrogen) atoms. The molecule has 1 aliphatic rings. The van der Waals surface area contributed by atoms with Gasteiger partial charge in [-0.3, -0.25) is 15.0 Å².